The maximum atomic E-state index is 6.36. The summed E-state index contributed by atoms with van der Waals surface area (Å²) >= 11 is 12.7. The maximum Gasteiger partial charge on any atom is 0.118 e. The van der Waals surface area contributed by atoms with E-state index in [9.17, 15) is 0 Å². The Hall–Kier alpha value is -1.53. The van der Waals surface area contributed by atoms with Gasteiger partial charge in [0.25, 0.3) is 0 Å². The number of rotatable bonds is 9. The van der Waals surface area contributed by atoms with E-state index in [-0.39, 0.29) is 0 Å². The molecule has 7 heteroatoms. The quantitative estimate of drug-likeness (QED) is 0.579. The van der Waals surface area contributed by atoms with Crippen LogP contribution < -0.4 is 15.0 Å². The van der Waals surface area contributed by atoms with Crippen molar-refractivity contribution < 1.29 is 4.74 Å². The minimum absolute atomic E-state index is 0.322. The number of ether oxygens (including phenoxy) is 1. The molecule has 3 rings (SSSR count). The monoisotopic (exact) mass is 436 g/mol. The lowest BCUT2D eigenvalue weighted by Crippen LogP contribution is -2.49. The molecule has 0 radical (unpaired) electrons. The van der Waals surface area contributed by atoms with Crippen LogP contribution in [0, 0.1) is 0 Å². The highest BCUT2D eigenvalue weighted by molar-refractivity contribution is 6.38. The zero-order chi connectivity index (χ0) is 20.6. The molecule has 2 aromatic rings. The second-order valence-electron chi connectivity index (χ2n) is 7.32. The number of pyridine rings is 1. The maximum absolute atomic E-state index is 6.36. The number of methoxy groups -OCH3 is 1. The van der Waals surface area contributed by atoms with Gasteiger partial charge in [0.1, 0.15) is 5.75 Å². The number of aromatic nitrogens is 1. The topological polar surface area (TPSA) is 40.6 Å². The summed E-state index contributed by atoms with van der Waals surface area (Å²) in [6, 6.07) is 8.76. The van der Waals surface area contributed by atoms with Crippen LogP contribution >= 0.6 is 23.2 Å². The number of anilines is 1. The first-order valence-electron chi connectivity index (χ1n) is 10.3. The van der Waals surface area contributed by atoms with Crippen molar-refractivity contribution in [1.82, 2.24) is 15.2 Å². The van der Waals surface area contributed by atoms with Gasteiger partial charge >= 0.3 is 0 Å². The SMILES string of the molecule is CCCCNCC(c1ccc(OC)cc1)N1CCN(c2c(Cl)cncc2Cl)CC1. The average Bonchev–Trinajstić information content (AvgIpc) is 2.75. The van der Waals surface area contributed by atoms with E-state index in [0.29, 0.717) is 16.1 Å². The zero-order valence-corrected chi connectivity index (χ0v) is 18.7. The van der Waals surface area contributed by atoms with Crippen molar-refractivity contribution in [2.75, 3.05) is 51.3 Å². The predicted octanol–water partition coefficient (Wildman–Crippen LogP) is 4.65. The molecular formula is C22H30Cl2N4O. The fourth-order valence-corrected chi connectivity index (χ4v) is 4.39. The van der Waals surface area contributed by atoms with Gasteiger partial charge in [0, 0.05) is 51.2 Å². The first kappa shape index (κ1) is 22.2. The second-order valence-corrected chi connectivity index (χ2v) is 8.14. The Morgan fingerprint density at radius 1 is 1.07 bits per heavy atom. The summed E-state index contributed by atoms with van der Waals surface area (Å²) < 4.78 is 5.33. The van der Waals surface area contributed by atoms with Crippen LogP contribution in [0.4, 0.5) is 5.69 Å². The van der Waals surface area contributed by atoms with Crippen molar-refractivity contribution in [2.24, 2.45) is 0 Å². The summed E-state index contributed by atoms with van der Waals surface area (Å²) in [5.41, 5.74) is 2.20. The van der Waals surface area contributed by atoms with Gasteiger partial charge in [0.05, 0.1) is 22.8 Å². The predicted molar refractivity (Wildman–Crippen MR) is 122 cm³/mol. The van der Waals surface area contributed by atoms with Crippen LogP contribution in [-0.2, 0) is 0 Å². The number of nitrogens with one attached hydrogen (secondary N) is 1. The van der Waals surface area contributed by atoms with Crippen LogP contribution in [0.25, 0.3) is 0 Å². The average molecular weight is 437 g/mol. The van der Waals surface area contributed by atoms with E-state index in [0.717, 1.165) is 50.7 Å². The molecule has 1 unspecified atom stereocenters. The molecular weight excluding hydrogens is 407 g/mol. The van der Waals surface area contributed by atoms with Gasteiger partial charge in [-0.05, 0) is 30.7 Å². The largest absolute Gasteiger partial charge is 0.497 e. The number of hydrogen-bond donors (Lipinski definition) is 1. The molecule has 158 valence electrons. The van der Waals surface area contributed by atoms with E-state index in [1.165, 1.54) is 18.4 Å². The molecule has 1 N–H and O–H groups in total. The molecule has 29 heavy (non-hydrogen) atoms. The van der Waals surface area contributed by atoms with E-state index < -0.39 is 0 Å². The lowest BCUT2D eigenvalue weighted by molar-refractivity contribution is 0.182. The molecule has 0 amide bonds. The molecule has 1 saturated heterocycles. The van der Waals surface area contributed by atoms with Crippen molar-refractivity contribution in [1.29, 1.82) is 0 Å². The summed E-state index contributed by atoms with van der Waals surface area (Å²) in [5, 5.41) is 4.86. The van der Waals surface area contributed by atoms with Gasteiger partial charge < -0.3 is 15.0 Å². The first-order valence-corrected chi connectivity index (χ1v) is 11.0. The highest BCUT2D eigenvalue weighted by Crippen LogP contribution is 2.34. The number of nitrogens with zero attached hydrogens (tertiary/aromatic N) is 3. The first-order chi connectivity index (χ1) is 14.1. The van der Waals surface area contributed by atoms with Crippen LogP contribution in [-0.4, -0.2) is 56.3 Å². The molecule has 0 spiro atoms. The minimum atomic E-state index is 0.322. The molecule has 1 aromatic heterocycles. The van der Waals surface area contributed by atoms with Crippen molar-refractivity contribution >= 4 is 28.9 Å². The smallest absolute Gasteiger partial charge is 0.118 e. The van der Waals surface area contributed by atoms with Crippen LogP contribution in [0.3, 0.4) is 0 Å². The van der Waals surface area contributed by atoms with E-state index >= 15 is 0 Å². The number of benzene rings is 1. The summed E-state index contributed by atoms with van der Waals surface area (Å²) in [6.07, 6.45) is 5.72. The lowest BCUT2D eigenvalue weighted by Gasteiger charge is -2.41. The third-order valence-corrected chi connectivity index (χ3v) is 6.00. The Morgan fingerprint density at radius 3 is 2.31 bits per heavy atom. The van der Waals surface area contributed by atoms with Gasteiger partial charge in [-0.15, -0.1) is 0 Å². The van der Waals surface area contributed by atoms with E-state index in [2.05, 4.69) is 39.2 Å². The van der Waals surface area contributed by atoms with Gasteiger partial charge in [0.2, 0.25) is 0 Å². The Morgan fingerprint density at radius 2 is 1.72 bits per heavy atom. The zero-order valence-electron chi connectivity index (χ0n) is 17.2. The van der Waals surface area contributed by atoms with Gasteiger partial charge in [-0.1, -0.05) is 48.7 Å². The number of unbranched alkanes of at least 4 members (excludes halogenated alkanes) is 1. The van der Waals surface area contributed by atoms with E-state index in [1.54, 1.807) is 19.5 Å². The second kappa shape index (κ2) is 11.0. The third kappa shape index (κ3) is 5.76. The van der Waals surface area contributed by atoms with Gasteiger partial charge in [-0.3, -0.25) is 9.88 Å². The van der Waals surface area contributed by atoms with Crippen molar-refractivity contribution in [3.63, 3.8) is 0 Å². The Labute approximate surface area is 184 Å². The fourth-order valence-electron chi connectivity index (χ4n) is 3.79. The van der Waals surface area contributed by atoms with Gasteiger partial charge in [-0.25, -0.2) is 0 Å². The minimum Gasteiger partial charge on any atom is -0.497 e. The summed E-state index contributed by atoms with van der Waals surface area (Å²) in [5.74, 6) is 0.887. The van der Waals surface area contributed by atoms with Crippen LogP contribution in [0.5, 0.6) is 5.75 Å². The molecule has 1 aliphatic heterocycles. The van der Waals surface area contributed by atoms with Gasteiger partial charge in [0.15, 0.2) is 0 Å². The number of halogens is 2. The van der Waals surface area contributed by atoms with Crippen LogP contribution in [0.1, 0.15) is 31.4 Å². The molecule has 0 saturated carbocycles. The number of hydrogen-bond acceptors (Lipinski definition) is 5. The van der Waals surface area contributed by atoms with Crippen molar-refractivity contribution in [3.8, 4) is 5.75 Å². The molecule has 0 aliphatic carbocycles. The lowest BCUT2D eigenvalue weighted by atomic mass is 10.0. The Balaban J connectivity index is 1.69. The Bertz CT molecular complexity index is 744. The normalized spacial score (nSPS) is 16.1. The fraction of sp³-hybridized carbons (Fsp3) is 0.500. The molecule has 5 nitrogen and oxygen atoms in total. The highest BCUT2D eigenvalue weighted by Gasteiger charge is 2.26. The number of piperazine rings is 1. The standard InChI is InChI=1S/C22H30Cl2N4O/c1-3-4-9-25-16-21(17-5-7-18(29-2)8-6-17)27-10-12-28(13-11-27)22-19(23)14-26-15-20(22)24/h5-8,14-15,21,25H,3-4,9-13,16H2,1-2H3. The van der Waals surface area contributed by atoms with Crippen molar-refractivity contribution in [3.05, 3.63) is 52.3 Å². The van der Waals surface area contributed by atoms with E-state index in [4.69, 9.17) is 27.9 Å². The van der Waals surface area contributed by atoms with Crippen LogP contribution in [0.2, 0.25) is 10.0 Å². The molecule has 1 aromatic carbocycles. The van der Waals surface area contributed by atoms with Crippen molar-refractivity contribution in [2.45, 2.75) is 25.8 Å². The summed E-state index contributed by atoms with van der Waals surface area (Å²) in [7, 11) is 1.70. The van der Waals surface area contributed by atoms with Gasteiger partial charge in [-0.2, -0.15) is 0 Å². The van der Waals surface area contributed by atoms with E-state index in [1.807, 2.05) is 12.1 Å². The third-order valence-electron chi connectivity index (χ3n) is 5.44. The molecule has 1 aliphatic rings. The molecule has 1 fully saturated rings. The highest BCUT2D eigenvalue weighted by atomic mass is 35.5. The molecule has 2 heterocycles. The summed E-state index contributed by atoms with van der Waals surface area (Å²) in [4.78, 5) is 8.87. The molecule has 1 atom stereocenters. The molecule has 0 bridgehead atoms. The summed E-state index contributed by atoms with van der Waals surface area (Å²) in [6.45, 7) is 7.85. The Kier molecular flexibility index (Phi) is 8.42. The van der Waals surface area contributed by atoms with Crippen LogP contribution in [0.15, 0.2) is 36.7 Å².